The van der Waals surface area contributed by atoms with Gasteiger partial charge in [-0.1, -0.05) is 0 Å². The van der Waals surface area contributed by atoms with Crippen LogP contribution in [0.4, 0.5) is 18.9 Å². The molecule has 0 bridgehead atoms. The lowest BCUT2D eigenvalue weighted by atomic mass is 10.0. The van der Waals surface area contributed by atoms with Crippen LogP contribution in [0, 0.1) is 11.3 Å². The lowest BCUT2D eigenvalue weighted by molar-refractivity contribution is -0.137. The summed E-state index contributed by atoms with van der Waals surface area (Å²) in [6.45, 7) is 1.23. The molecule has 1 saturated heterocycles. The van der Waals surface area contributed by atoms with Crippen molar-refractivity contribution < 1.29 is 22.7 Å². The van der Waals surface area contributed by atoms with Crippen LogP contribution >= 0.6 is 0 Å². The Bertz CT molecular complexity index is 912. The van der Waals surface area contributed by atoms with Crippen molar-refractivity contribution in [3.8, 4) is 6.07 Å². The van der Waals surface area contributed by atoms with E-state index in [1.54, 1.807) is 34.2 Å². The van der Waals surface area contributed by atoms with Gasteiger partial charge in [-0.3, -0.25) is 9.78 Å². The second-order valence-electron chi connectivity index (χ2n) is 6.63. The van der Waals surface area contributed by atoms with Gasteiger partial charge in [0.2, 0.25) is 0 Å². The Labute approximate surface area is 166 Å². The highest BCUT2D eigenvalue weighted by atomic mass is 19.4. The zero-order valence-electron chi connectivity index (χ0n) is 15.7. The number of carbonyl (C=O) groups excluding carboxylic acids is 1. The van der Waals surface area contributed by atoms with Crippen molar-refractivity contribution in [3.05, 3.63) is 59.4 Å². The highest BCUT2D eigenvalue weighted by molar-refractivity contribution is 5.94. The molecule has 2 heterocycles. The molecule has 1 aliphatic heterocycles. The Hall–Kier alpha value is -3.12. The molecule has 9 heteroatoms. The van der Waals surface area contributed by atoms with Crippen molar-refractivity contribution in [2.45, 2.75) is 12.2 Å². The van der Waals surface area contributed by atoms with Gasteiger partial charge in [-0.25, -0.2) is 0 Å². The molecule has 0 radical (unpaired) electrons. The molecule has 1 atom stereocenters. The van der Waals surface area contributed by atoms with E-state index in [9.17, 15) is 18.0 Å². The molecule has 2 aromatic rings. The highest BCUT2D eigenvalue weighted by Crippen LogP contribution is 2.35. The predicted molar refractivity (Wildman–Crippen MR) is 99.3 cm³/mol. The summed E-state index contributed by atoms with van der Waals surface area (Å²) in [5, 5.41) is 8.97. The van der Waals surface area contributed by atoms with Crippen LogP contribution in [0.3, 0.4) is 0 Å². The molecule has 0 aliphatic carbocycles. The summed E-state index contributed by atoms with van der Waals surface area (Å²) in [4.78, 5) is 20.2. The molecular formula is C20H19F3N4O2. The summed E-state index contributed by atoms with van der Waals surface area (Å²) < 4.78 is 45.1. The first-order valence-corrected chi connectivity index (χ1v) is 8.91. The summed E-state index contributed by atoms with van der Waals surface area (Å²) in [5.74, 6) is -0.199. The van der Waals surface area contributed by atoms with Crippen molar-refractivity contribution in [3.63, 3.8) is 0 Å². The van der Waals surface area contributed by atoms with Gasteiger partial charge < -0.3 is 14.5 Å². The molecule has 1 aromatic heterocycles. The first kappa shape index (κ1) is 20.6. The van der Waals surface area contributed by atoms with Gasteiger partial charge in [0.15, 0.2) is 0 Å². The third kappa shape index (κ3) is 4.49. The lowest BCUT2D eigenvalue weighted by Crippen LogP contribution is -2.57. The summed E-state index contributed by atoms with van der Waals surface area (Å²) in [6, 6.07) is 8.24. The number of benzene rings is 1. The number of hydrogen-bond donors (Lipinski definition) is 0. The number of alkyl halides is 3. The smallest absolute Gasteiger partial charge is 0.382 e. The van der Waals surface area contributed by atoms with Crippen molar-refractivity contribution in [1.82, 2.24) is 9.88 Å². The molecule has 1 fully saturated rings. The van der Waals surface area contributed by atoms with Crippen molar-refractivity contribution >= 4 is 11.6 Å². The summed E-state index contributed by atoms with van der Waals surface area (Å²) in [7, 11) is 1.51. The number of nitriles is 1. The second kappa shape index (κ2) is 8.49. The van der Waals surface area contributed by atoms with Crippen LogP contribution in [0.25, 0.3) is 0 Å². The fourth-order valence-corrected chi connectivity index (χ4v) is 3.41. The number of pyridine rings is 1. The molecule has 1 aliphatic rings. The zero-order chi connectivity index (χ0) is 21.0. The molecule has 3 rings (SSSR count). The average molecular weight is 404 g/mol. The highest BCUT2D eigenvalue weighted by Gasteiger charge is 2.36. The minimum Gasteiger partial charge on any atom is -0.382 e. The molecular weight excluding hydrogens is 385 g/mol. The van der Waals surface area contributed by atoms with Gasteiger partial charge >= 0.3 is 6.18 Å². The Morgan fingerprint density at radius 1 is 1.34 bits per heavy atom. The number of nitrogens with zero attached hydrogens (tertiary/aromatic N) is 4. The topological polar surface area (TPSA) is 69.5 Å². The molecule has 1 amide bonds. The van der Waals surface area contributed by atoms with E-state index >= 15 is 0 Å². The van der Waals surface area contributed by atoms with Crippen LogP contribution in [0.2, 0.25) is 0 Å². The van der Waals surface area contributed by atoms with Gasteiger partial charge in [0.25, 0.3) is 5.91 Å². The fourth-order valence-electron chi connectivity index (χ4n) is 3.41. The number of amides is 1. The van der Waals surface area contributed by atoms with E-state index in [2.05, 4.69) is 4.98 Å². The third-order valence-corrected chi connectivity index (χ3v) is 4.81. The van der Waals surface area contributed by atoms with E-state index in [-0.39, 0.29) is 18.6 Å². The van der Waals surface area contributed by atoms with Crippen LogP contribution in [0.5, 0.6) is 0 Å². The third-order valence-electron chi connectivity index (χ3n) is 4.81. The minimum absolute atomic E-state index is 0.199. The molecule has 0 N–H and O–H groups in total. The van der Waals surface area contributed by atoms with Crippen LogP contribution < -0.4 is 4.90 Å². The maximum absolute atomic E-state index is 13.3. The van der Waals surface area contributed by atoms with E-state index in [0.717, 1.165) is 6.07 Å². The maximum Gasteiger partial charge on any atom is 0.417 e. The van der Waals surface area contributed by atoms with Gasteiger partial charge in [-0.05, 0) is 30.3 Å². The standard InChI is InChI=1S/C20H19F3N4O2/c1-29-13-17-12-26(7-8-27(17)19(28)15-3-2-6-25-11-15)16-5-4-14(10-24)18(9-16)20(21,22)23/h2-6,9,11,17H,7-8,12-13H2,1H3. The Morgan fingerprint density at radius 3 is 2.76 bits per heavy atom. The number of piperazine rings is 1. The Morgan fingerprint density at radius 2 is 2.14 bits per heavy atom. The second-order valence-corrected chi connectivity index (χ2v) is 6.63. The quantitative estimate of drug-likeness (QED) is 0.784. The van der Waals surface area contributed by atoms with E-state index in [1.165, 1.54) is 25.4 Å². The first-order chi connectivity index (χ1) is 13.8. The van der Waals surface area contributed by atoms with Crippen LogP contribution in [0.15, 0.2) is 42.7 Å². The number of methoxy groups -OCH3 is 1. The number of rotatable bonds is 4. The summed E-state index contributed by atoms with van der Waals surface area (Å²) in [5.41, 5.74) is -0.583. The first-order valence-electron chi connectivity index (χ1n) is 8.91. The fraction of sp³-hybridized carbons (Fsp3) is 0.350. The van der Waals surface area contributed by atoms with E-state index in [1.807, 2.05) is 0 Å². The average Bonchev–Trinajstić information content (AvgIpc) is 2.73. The van der Waals surface area contributed by atoms with Crippen LogP contribution in [0.1, 0.15) is 21.5 Å². The van der Waals surface area contributed by atoms with Gasteiger partial charge in [-0.2, -0.15) is 18.4 Å². The molecule has 0 spiro atoms. The Kier molecular flexibility index (Phi) is 6.03. The SMILES string of the molecule is COCC1CN(c2ccc(C#N)c(C(F)(F)F)c2)CCN1C(=O)c1cccnc1. The number of halogens is 3. The number of hydrogen-bond acceptors (Lipinski definition) is 5. The number of anilines is 1. The molecule has 152 valence electrons. The number of ether oxygens (including phenoxy) is 1. The Balaban J connectivity index is 1.84. The van der Waals surface area contributed by atoms with Gasteiger partial charge in [0.05, 0.1) is 35.4 Å². The van der Waals surface area contributed by atoms with E-state index in [4.69, 9.17) is 10.00 Å². The molecule has 6 nitrogen and oxygen atoms in total. The van der Waals surface area contributed by atoms with Gasteiger partial charge in [0, 0.05) is 44.8 Å². The van der Waals surface area contributed by atoms with Crippen LogP contribution in [-0.4, -0.2) is 55.2 Å². The van der Waals surface area contributed by atoms with E-state index < -0.39 is 17.3 Å². The monoisotopic (exact) mass is 404 g/mol. The molecule has 1 unspecified atom stereocenters. The van der Waals surface area contributed by atoms with Crippen LogP contribution in [-0.2, 0) is 10.9 Å². The summed E-state index contributed by atoms with van der Waals surface area (Å²) >= 11 is 0. The predicted octanol–water partition coefficient (Wildman–Crippen LogP) is 2.95. The molecule has 1 aromatic carbocycles. The minimum atomic E-state index is -4.62. The number of aromatic nitrogens is 1. The number of carbonyl (C=O) groups is 1. The van der Waals surface area contributed by atoms with Crippen molar-refractivity contribution in [2.75, 3.05) is 38.3 Å². The maximum atomic E-state index is 13.3. The molecule has 29 heavy (non-hydrogen) atoms. The molecule has 0 saturated carbocycles. The van der Waals surface area contributed by atoms with Gasteiger partial charge in [-0.15, -0.1) is 0 Å². The van der Waals surface area contributed by atoms with Crippen molar-refractivity contribution in [1.29, 1.82) is 5.26 Å². The normalized spacial score (nSPS) is 17.1. The lowest BCUT2D eigenvalue weighted by Gasteiger charge is -2.42. The zero-order valence-corrected chi connectivity index (χ0v) is 15.7. The van der Waals surface area contributed by atoms with E-state index in [0.29, 0.717) is 30.9 Å². The van der Waals surface area contributed by atoms with Crippen molar-refractivity contribution in [2.24, 2.45) is 0 Å². The largest absolute Gasteiger partial charge is 0.417 e. The van der Waals surface area contributed by atoms with Gasteiger partial charge in [0.1, 0.15) is 0 Å². The summed E-state index contributed by atoms with van der Waals surface area (Å²) in [6.07, 6.45) is -1.57.